The Morgan fingerprint density at radius 1 is 1.40 bits per heavy atom. The van der Waals surface area contributed by atoms with Crippen molar-refractivity contribution in [2.45, 2.75) is 13.0 Å². The first kappa shape index (κ1) is 16.7. The minimum absolute atomic E-state index is 0. The molecule has 0 aliphatic heterocycles. The SMILES string of the molecule is CC(O)C(=O)O.Oc1c[c-]ccc1O.[Na+]. The second-order valence-electron chi connectivity index (χ2n) is 2.43. The number of aliphatic carboxylic acids is 1. The van der Waals surface area contributed by atoms with Crippen LogP contribution in [0.3, 0.4) is 0 Å². The zero-order valence-electron chi connectivity index (χ0n) is 8.51. The van der Waals surface area contributed by atoms with Crippen LogP contribution in [0.15, 0.2) is 18.2 Å². The van der Waals surface area contributed by atoms with E-state index in [9.17, 15) is 4.79 Å². The van der Waals surface area contributed by atoms with Crippen molar-refractivity contribution in [3.63, 3.8) is 0 Å². The number of carboxylic acid groups (broad SMARTS) is 1. The Kier molecular flexibility index (Phi) is 9.50. The number of hydrogen-bond donors (Lipinski definition) is 4. The standard InChI is InChI=1S/C6H5O2.C3H6O3.Na/c7-5-3-1-2-4-6(5)8;1-2(4)3(5)6;/h1,3-4,7-8H;2,4H,1H3,(H,5,6);/q-1;;+1. The third-order valence-corrected chi connectivity index (χ3v) is 1.18. The molecule has 15 heavy (non-hydrogen) atoms. The van der Waals surface area contributed by atoms with Gasteiger partial charge in [0.15, 0.2) is 0 Å². The van der Waals surface area contributed by atoms with Gasteiger partial charge in [0, 0.05) is 11.5 Å². The smallest absolute Gasteiger partial charge is 0.562 e. The summed E-state index contributed by atoms with van der Waals surface area (Å²) in [6.07, 6.45) is -1.23. The molecule has 0 saturated carbocycles. The number of hydrogen-bond acceptors (Lipinski definition) is 4. The first-order chi connectivity index (χ1) is 6.45. The van der Waals surface area contributed by atoms with Gasteiger partial charge in [-0.25, -0.2) is 4.79 Å². The number of aliphatic hydroxyl groups is 1. The summed E-state index contributed by atoms with van der Waals surface area (Å²) in [5, 5.41) is 33.1. The Hall–Kier alpha value is -0.750. The fraction of sp³-hybridized carbons (Fsp3) is 0.222. The third kappa shape index (κ3) is 8.26. The minimum Gasteiger partial charge on any atom is -0.562 e. The Labute approximate surface area is 109 Å². The van der Waals surface area contributed by atoms with Gasteiger partial charge in [-0.3, -0.25) is 0 Å². The summed E-state index contributed by atoms with van der Waals surface area (Å²) in [7, 11) is 0. The fourth-order valence-corrected chi connectivity index (χ4v) is 0.413. The van der Waals surface area contributed by atoms with Gasteiger partial charge in [-0.15, -0.1) is 12.1 Å². The van der Waals surface area contributed by atoms with Crippen LogP contribution in [0.1, 0.15) is 6.92 Å². The molecule has 0 aliphatic carbocycles. The van der Waals surface area contributed by atoms with E-state index in [0.717, 1.165) is 0 Å². The molecule has 1 atom stereocenters. The maximum absolute atomic E-state index is 9.45. The van der Waals surface area contributed by atoms with Gasteiger partial charge in [0.25, 0.3) is 0 Å². The van der Waals surface area contributed by atoms with Crippen LogP contribution in [0.25, 0.3) is 0 Å². The molecule has 1 aromatic rings. The molecule has 0 aliphatic rings. The Bertz CT molecular complexity index is 279. The molecule has 78 valence electrons. The Balaban J connectivity index is 0. The predicted molar refractivity (Wildman–Crippen MR) is 47.9 cm³/mol. The Morgan fingerprint density at radius 3 is 2.07 bits per heavy atom. The molecule has 0 spiro atoms. The number of phenolic OH excluding ortho intramolecular Hbond substituents is 2. The van der Waals surface area contributed by atoms with Crippen LogP contribution >= 0.6 is 0 Å². The molecule has 1 aromatic carbocycles. The molecule has 5 nitrogen and oxygen atoms in total. The van der Waals surface area contributed by atoms with E-state index in [0.29, 0.717) is 0 Å². The van der Waals surface area contributed by atoms with Gasteiger partial charge in [-0.1, -0.05) is 0 Å². The van der Waals surface area contributed by atoms with E-state index in [-0.39, 0.29) is 41.1 Å². The molecule has 0 amide bonds. The fourth-order valence-electron chi connectivity index (χ4n) is 0.413. The number of rotatable bonds is 1. The number of phenols is 2. The summed E-state index contributed by atoms with van der Waals surface area (Å²) in [4.78, 5) is 9.45. The van der Waals surface area contributed by atoms with Gasteiger partial charge in [0.05, 0.1) is 0 Å². The zero-order valence-corrected chi connectivity index (χ0v) is 10.5. The first-order valence-electron chi connectivity index (χ1n) is 3.74. The molecule has 0 aromatic heterocycles. The van der Waals surface area contributed by atoms with Crippen molar-refractivity contribution in [2.75, 3.05) is 0 Å². The van der Waals surface area contributed by atoms with Crippen LogP contribution in [0.4, 0.5) is 0 Å². The molecule has 1 unspecified atom stereocenters. The molecule has 0 saturated heterocycles. The van der Waals surface area contributed by atoms with Crippen LogP contribution in [-0.4, -0.2) is 32.5 Å². The Morgan fingerprint density at radius 2 is 1.87 bits per heavy atom. The van der Waals surface area contributed by atoms with Gasteiger partial charge >= 0.3 is 35.5 Å². The van der Waals surface area contributed by atoms with Crippen molar-refractivity contribution < 1.29 is 54.8 Å². The van der Waals surface area contributed by atoms with Crippen molar-refractivity contribution in [1.82, 2.24) is 0 Å². The van der Waals surface area contributed by atoms with Crippen molar-refractivity contribution >= 4 is 5.97 Å². The van der Waals surface area contributed by atoms with Crippen LogP contribution < -0.4 is 29.6 Å². The van der Waals surface area contributed by atoms with E-state index in [2.05, 4.69) is 6.07 Å². The van der Waals surface area contributed by atoms with E-state index >= 15 is 0 Å². The monoisotopic (exact) mass is 222 g/mol. The van der Waals surface area contributed by atoms with Crippen LogP contribution in [0, 0.1) is 6.07 Å². The van der Waals surface area contributed by atoms with Gasteiger partial charge in [-0.05, 0) is 6.92 Å². The number of aliphatic hydroxyl groups excluding tert-OH is 1. The first-order valence-corrected chi connectivity index (χ1v) is 3.74. The average Bonchev–Trinajstić information content (AvgIpc) is 2.11. The van der Waals surface area contributed by atoms with Crippen LogP contribution in [-0.2, 0) is 4.79 Å². The van der Waals surface area contributed by atoms with E-state index in [1.165, 1.54) is 25.1 Å². The third-order valence-electron chi connectivity index (χ3n) is 1.18. The van der Waals surface area contributed by atoms with Crippen molar-refractivity contribution in [1.29, 1.82) is 0 Å². The number of aromatic hydroxyl groups is 2. The van der Waals surface area contributed by atoms with E-state index in [1.54, 1.807) is 0 Å². The summed E-state index contributed by atoms with van der Waals surface area (Å²) < 4.78 is 0. The maximum atomic E-state index is 9.45. The minimum atomic E-state index is -1.23. The van der Waals surface area contributed by atoms with Crippen molar-refractivity contribution in [3.05, 3.63) is 24.3 Å². The molecule has 0 bridgehead atoms. The topological polar surface area (TPSA) is 98.0 Å². The normalized spacial score (nSPS) is 10.3. The zero-order chi connectivity index (χ0) is 11.1. The number of benzene rings is 1. The second-order valence-corrected chi connectivity index (χ2v) is 2.43. The van der Waals surface area contributed by atoms with E-state index < -0.39 is 12.1 Å². The van der Waals surface area contributed by atoms with E-state index in [4.69, 9.17) is 20.4 Å². The number of carbonyl (C=O) groups is 1. The number of carboxylic acids is 1. The molecule has 1 rings (SSSR count). The molecular formula is C9H11NaO5. The van der Waals surface area contributed by atoms with Gasteiger partial charge < -0.3 is 20.4 Å². The molecular weight excluding hydrogens is 211 g/mol. The molecule has 0 heterocycles. The molecule has 0 fully saturated rings. The van der Waals surface area contributed by atoms with Gasteiger partial charge in [0.1, 0.15) is 6.10 Å². The maximum Gasteiger partial charge on any atom is 1.00 e. The van der Waals surface area contributed by atoms with Gasteiger partial charge in [-0.2, -0.15) is 12.1 Å². The van der Waals surface area contributed by atoms with E-state index in [1.807, 2.05) is 0 Å². The second kappa shape index (κ2) is 8.55. The predicted octanol–water partition coefficient (Wildman–Crippen LogP) is -2.65. The van der Waals surface area contributed by atoms with Gasteiger partial charge in [0.2, 0.25) is 0 Å². The molecule has 4 N–H and O–H groups in total. The summed E-state index contributed by atoms with van der Waals surface area (Å²) in [5.74, 6) is -1.42. The van der Waals surface area contributed by atoms with Crippen LogP contribution in [0.5, 0.6) is 11.5 Å². The molecule has 0 radical (unpaired) electrons. The molecule has 6 heteroatoms. The summed E-state index contributed by atoms with van der Waals surface area (Å²) in [6, 6.07) is 6.79. The van der Waals surface area contributed by atoms with Crippen molar-refractivity contribution in [2.24, 2.45) is 0 Å². The summed E-state index contributed by atoms with van der Waals surface area (Å²) >= 11 is 0. The van der Waals surface area contributed by atoms with Crippen molar-refractivity contribution in [3.8, 4) is 11.5 Å². The summed E-state index contributed by atoms with van der Waals surface area (Å²) in [5.41, 5.74) is 0. The average molecular weight is 222 g/mol. The summed E-state index contributed by atoms with van der Waals surface area (Å²) in [6.45, 7) is 1.20. The quantitative estimate of drug-likeness (QED) is 0.236. The van der Waals surface area contributed by atoms with Crippen LogP contribution in [0.2, 0.25) is 0 Å². The largest absolute Gasteiger partial charge is 1.00 e.